The van der Waals surface area contributed by atoms with Gasteiger partial charge >= 0.3 is 0 Å². The highest BCUT2D eigenvalue weighted by atomic mass is 79.9. The standard InChI is InChI=1S/C15H19BrN4O/c1-3-7-18-10-11-4-5-12(9-13(11)16)20-8-6-14(19-20)15(21)17-2/h4-6,8-9,18H,3,7,10H2,1-2H3,(H,17,21). The first-order valence-corrected chi connectivity index (χ1v) is 7.72. The Morgan fingerprint density at radius 3 is 2.86 bits per heavy atom. The topological polar surface area (TPSA) is 59.0 Å². The third-order valence-corrected chi connectivity index (χ3v) is 3.83. The predicted octanol–water partition coefficient (Wildman–Crippen LogP) is 2.49. The van der Waals surface area contributed by atoms with Crippen molar-refractivity contribution in [3.63, 3.8) is 0 Å². The van der Waals surface area contributed by atoms with Crippen LogP contribution in [-0.2, 0) is 6.54 Å². The normalized spacial score (nSPS) is 10.6. The van der Waals surface area contributed by atoms with E-state index in [-0.39, 0.29) is 5.91 Å². The molecule has 0 aliphatic carbocycles. The van der Waals surface area contributed by atoms with Gasteiger partial charge in [-0.05, 0) is 36.7 Å². The lowest BCUT2D eigenvalue weighted by atomic mass is 10.2. The van der Waals surface area contributed by atoms with Crippen molar-refractivity contribution in [3.05, 3.63) is 46.2 Å². The summed E-state index contributed by atoms with van der Waals surface area (Å²) < 4.78 is 2.72. The van der Waals surface area contributed by atoms with Crippen molar-refractivity contribution >= 4 is 21.8 Å². The van der Waals surface area contributed by atoms with Crippen LogP contribution < -0.4 is 10.6 Å². The van der Waals surface area contributed by atoms with Crippen LogP contribution in [0.25, 0.3) is 5.69 Å². The third-order valence-electron chi connectivity index (χ3n) is 3.09. The Balaban J connectivity index is 2.15. The molecule has 0 atom stereocenters. The number of benzene rings is 1. The molecule has 0 aliphatic heterocycles. The average molecular weight is 351 g/mol. The van der Waals surface area contributed by atoms with Crippen LogP contribution in [0.1, 0.15) is 29.4 Å². The maximum absolute atomic E-state index is 11.5. The van der Waals surface area contributed by atoms with E-state index in [9.17, 15) is 4.79 Å². The van der Waals surface area contributed by atoms with Gasteiger partial charge in [-0.1, -0.05) is 28.9 Å². The van der Waals surface area contributed by atoms with Gasteiger partial charge in [0.05, 0.1) is 5.69 Å². The number of carbonyl (C=O) groups is 1. The molecule has 0 aliphatic rings. The number of halogens is 1. The molecule has 0 unspecified atom stereocenters. The Kier molecular flexibility index (Phi) is 5.52. The molecule has 112 valence electrons. The highest BCUT2D eigenvalue weighted by Crippen LogP contribution is 2.20. The Morgan fingerprint density at radius 1 is 1.38 bits per heavy atom. The number of nitrogens with one attached hydrogen (secondary N) is 2. The summed E-state index contributed by atoms with van der Waals surface area (Å²) in [6.45, 7) is 3.98. The molecule has 0 spiro atoms. The molecule has 0 saturated heterocycles. The van der Waals surface area contributed by atoms with Crippen LogP contribution in [-0.4, -0.2) is 29.3 Å². The fourth-order valence-corrected chi connectivity index (χ4v) is 2.45. The molecule has 0 fully saturated rings. The van der Waals surface area contributed by atoms with Crippen LogP contribution >= 0.6 is 15.9 Å². The molecule has 2 aromatic rings. The number of amides is 1. The third kappa shape index (κ3) is 3.92. The lowest BCUT2D eigenvalue weighted by Gasteiger charge is -2.08. The fraction of sp³-hybridized carbons (Fsp3) is 0.333. The summed E-state index contributed by atoms with van der Waals surface area (Å²) in [5.41, 5.74) is 2.52. The van der Waals surface area contributed by atoms with Gasteiger partial charge < -0.3 is 10.6 Å². The molecule has 21 heavy (non-hydrogen) atoms. The monoisotopic (exact) mass is 350 g/mol. The van der Waals surface area contributed by atoms with Gasteiger partial charge in [-0.25, -0.2) is 4.68 Å². The van der Waals surface area contributed by atoms with Crippen molar-refractivity contribution in [1.82, 2.24) is 20.4 Å². The van der Waals surface area contributed by atoms with Crippen molar-refractivity contribution in [2.24, 2.45) is 0 Å². The van der Waals surface area contributed by atoms with Crippen molar-refractivity contribution < 1.29 is 4.79 Å². The molecule has 2 rings (SSSR count). The maximum Gasteiger partial charge on any atom is 0.271 e. The summed E-state index contributed by atoms with van der Waals surface area (Å²) in [5, 5.41) is 10.2. The summed E-state index contributed by atoms with van der Waals surface area (Å²) in [7, 11) is 1.59. The van der Waals surface area contributed by atoms with Gasteiger partial charge in [-0.3, -0.25) is 4.79 Å². The highest BCUT2D eigenvalue weighted by Gasteiger charge is 2.09. The molecule has 5 nitrogen and oxygen atoms in total. The first-order chi connectivity index (χ1) is 10.2. The van der Waals surface area contributed by atoms with Gasteiger partial charge in [-0.2, -0.15) is 5.10 Å². The van der Waals surface area contributed by atoms with Crippen LogP contribution in [0.2, 0.25) is 0 Å². The predicted molar refractivity (Wildman–Crippen MR) is 86.7 cm³/mol. The van der Waals surface area contributed by atoms with Crippen molar-refractivity contribution in [1.29, 1.82) is 0 Å². The minimum atomic E-state index is -0.187. The second-order valence-electron chi connectivity index (χ2n) is 4.68. The fourth-order valence-electron chi connectivity index (χ4n) is 1.94. The summed E-state index contributed by atoms with van der Waals surface area (Å²) >= 11 is 3.59. The quantitative estimate of drug-likeness (QED) is 0.787. The van der Waals surface area contributed by atoms with Gasteiger partial charge in [0.2, 0.25) is 0 Å². The van der Waals surface area contributed by atoms with Crippen LogP contribution in [0.4, 0.5) is 0 Å². The molecule has 1 aromatic carbocycles. The molecule has 0 saturated carbocycles. The first-order valence-electron chi connectivity index (χ1n) is 6.93. The van der Waals surface area contributed by atoms with Crippen LogP contribution in [0.3, 0.4) is 0 Å². The number of hydrogen-bond acceptors (Lipinski definition) is 3. The SMILES string of the molecule is CCCNCc1ccc(-n2ccc(C(=O)NC)n2)cc1Br. The van der Waals surface area contributed by atoms with Gasteiger partial charge in [0, 0.05) is 24.3 Å². The second-order valence-corrected chi connectivity index (χ2v) is 5.53. The van der Waals surface area contributed by atoms with Gasteiger partial charge in [0.1, 0.15) is 0 Å². The van der Waals surface area contributed by atoms with Crippen molar-refractivity contribution in [2.75, 3.05) is 13.6 Å². The van der Waals surface area contributed by atoms with E-state index in [4.69, 9.17) is 0 Å². The van der Waals surface area contributed by atoms with Gasteiger partial charge in [-0.15, -0.1) is 0 Å². The molecule has 1 heterocycles. The van der Waals surface area contributed by atoms with Crippen LogP contribution in [0, 0.1) is 0 Å². The number of aromatic nitrogens is 2. The number of carbonyl (C=O) groups excluding carboxylic acids is 1. The minimum absolute atomic E-state index is 0.187. The van der Waals surface area contributed by atoms with E-state index < -0.39 is 0 Å². The zero-order chi connectivity index (χ0) is 15.2. The van der Waals surface area contributed by atoms with Crippen molar-refractivity contribution in [2.45, 2.75) is 19.9 Å². The van der Waals surface area contributed by atoms with E-state index in [0.717, 1.165) is 29.7 Å². The highest BCUT2D eigenvalue weighted by molar-refractivity contribution is 9.10. The lowest BCUT2D eigenvalue weighted by molar-refractivity contribution is 0.0957. The smallest absolute Gasteiger partial charge is 0.271 e. The molecule has 1 amide bonds. The average Bonchev–Trinajstić information content (AvgIpc) is 2.98. The molecular weight excluding hydrogens is 332 g/mol. The van der Waals surface area contributed by atoms with E-state index in [2.05, 4.69) is 44.7 Å². The van der Waals surface area contributed by atoms with Gasteiger partial charge in [0.25, 0.3) is 5.91 Å². The second kappa shape index (κ2) is 7.38. The Morgan fingerprint density at radius 2 is 2.19 bits per heavy atom. The molecule has 2 N–H and O–H groups in total. The molecule has 0 bridgehead atoms. The Hall–Kier alpha value is -1.66. The maximum atomic E-state index is 11.5. The van der Waals surface area contributed by atoms with E-state index in [1.165, 1.54) is 5.56 Å². The summed E-state index contributed by atoms with van der Waals surface area (Å²) in [6.07, 6.45) is 2.90. The van der Waals surface area contributed by atoms with E-state index >= 15 is 0 Å². The zero-order valence-corrected chi connectivity index (χ0v) is 13.8. The number of nitrogens with zero attached hydrogens (tertiary/aromatic N) is 2. The van der Waals surface area contributed by atoms with Crippen molar-refractivity contribution in [3.8, 4) is 5.69 Å². The summed E-state index contributed by atoms with van der Waals surface area (Å²) in [4.78, 5) is 11.5. The molecule has 6 heteroatoms. The zero-order valence-electron chi connectivity index (χ0n) is 12.2. The Labute approximate surface area is 132 Å². The Bertz CT molecular complexity index is 624. The van der Waals surface area contributed by atoms with Crippen LogP contribution in [0.5, 0.6) is 0 Å². The molecule has 1 aromatic heterocycles. The first kappa shape index (κ1) is 15.7. The van der Waals surface area contributed by atoms with E-state index in [0.29, 0.717) is 5.69 Å². The van der Waals surface area contributed by atoms with E-state index in [1.807, 2.05) is 12.1 Å². The largest absolute Gasteiger partial charge is 0.354 e. The van der Waals surface area contributed by atoms with E-state index in [1.54, 1.807) is 24.0 Å². The van der Waals surface area contributed by atoms with Crippen LogP contribution in [0.15, 0.2) is 34.9 Å². The van der Waals surface area contributed by atoms with Gasteiger partial charge in [0.15, 0.2) is 5.69 Å². The lowest BCUT2D eigenvalue weighted by Crippen LogP contribution is -2.18. The minimum Gasteiger partial charge on any atom is -0.354 e. The molecular formula is C15H19BrN4O. The summed E-state index contributed by atoms with van der Waals surface area (Å²) in [5.74, 6) is -0.187. The number of rotatable bonds is 6. The molecule has 0 radical (unpaired) electrons. The summed E-state index contributed by atoms with van der Waals surface area (Å²) in [6, 6.07) is 7.75. The number of hydrogen-bond donors (Lipinski definition) is 2.